The molecule has 0 bridgehead atoms. The van der Waals surface area contributed by atoms with Crippen molar-refractivity contribution >= 4 is 58.3 Å². The van der Waals surface area contributed by atoms with E-state index in [1.165, 1.54) is 11.0 Å². The van der Waals surface area contributed by atoms with Crippen LogP contribution in [0, 0.1) is 5.82 Å². The summed E-state index contributed by atoms with van der Waals surface area (Å²) in [6, 6.07) is 12.6. The van der Waals surface area contributed by atoms with Gasteiger partial charge in [0, 0.05) is 66.3 Å². The van der Waals surface area contributed by atoms with Gasteiger partial charge in [-0.25, -0.2) is 14.2 Å². The number of hydrogen-bond acceptors (Lipinski definition) is 7. The first kappa shape index (κ1) is 23.2. The van der Waals surface area contributed by atoms with Gasteiger partial charge in [-0.2, -0.15) is 4.98 Å². The van der Waals surface area contributed by atoms with E-state index in [9.17, 15) is 4.79 Å². The predicted octanol–water partition coefficient (Wildman–Crippen LogP) is 4.59. The molecule has 2 N–H and O–H groups in total. The lowest BCUT2D eigenvalue weighted by atomic mass is 9.98. The van der Waals surface area contributed by atoms with Gasteiger partial charge in [0.1, 0.15) is 17.5 Å². The van der Waals surface area contributed by atoms with Crippen molar-refractivity contribution in [3.05, 3.63) is 70.6 Å². The second-order valence-corrected chi connectivity index (χ2v) is 9.32. The molecule has 0 spiro atoms. The standard InChI is InChI=1S/C26H23ClFN7O2/c27-20-4-2-1-3-18(20)19-13-16-15-30-25(32-23(16)35-8-7-29-24(19)35)31-22-6-5-17(14-21(22)28)33-9-11-34(12-10-33)26(36)37/h1-6,13-15H,7-12H2,(H,36,37)(H,30,31,32). The number of aliphatic imine (C=N–C) groups is 1. The number of aromatic nitrogens is 2. The van der Waals surface area contributed by atoms with Crippen molar-refractivity contribution in [2.24, 2.45) is 4.99 Å². The molecule has 1 saturated heterocycles. The molecule has 0 aliphatic carbocycles. The van der Waals surface area contributed by atoms with Gasteiger partial charge in [0.25, 0.3) is 0 Å². The van der Waals surface area contributed by atoms with Crippen LogP contribution in [0.25, 0.3) is 11.6 Å². The number of nitrogens with one attached hydrogen (secondary N) is 1. The SMILES string of the molecule is O=C(O)N1CCN(c2ccc(Nc3ncc4c(n3)N3CCN=C3C(c3ccccc3Cl)=C4)c(F)c2)CC1. The highest BCUT2D eigenvalue weighted by Gasteiger charge is 2.31. The van der Waals surface area contributed by atoms with Crippen molar-refractivity contribution in [3.63, 3.8) is 0 Å². The number of rotatable bonds is 4. The maximum absolute atomic E-state index is 15.0. The summed E-state index contributed by atoms with van der Waals surface area (Å²) in [6.45, 7) is 3.10. The maximum Gasteiger partial charge on any atom is 0.407 e. The van der Waals surface area contributed by atoms with Crippen molar-refractivity contribution in [3.8, 4) is 0 Å². The molecule has 3 aliphatic heterocycles. The number of anilines is 4. The van der Waals surface area contributed by atoms with E-state index in [-0.39, 0.29) is 11.6 Å². The summed E-state index contributed by atoms with van der Waals surface area (Å²) in [5.41, 5.74) is 3.61. The molecule has 1 fully saturated rings. The Kier molecular flexibility index (Phi) is 5.88. The molecule has 0 atom stereocenters. The minimum atomic E-state index is -0.932. The summed E-state index contributed by atoms with van der Waals surface area (Å²) in [5, 5.41) is 12.8. The van der Waals surface area contributed by atoms with Gasteiger partial charge in [-0.3, -0.25) is 4.99 Å². The molecule has 1 aromatic heterocycles. The Bertz CT molecular complexity index is 1450. The van der Waals surface area contributed by atoms with Crippen molar-refractivity contribution in [1.29, 1.82) is 0 Å². The number of amidine groups is 1. The Morgan fingerprint density at radius 3 is 2.65 bits per heavy atom. The van der Waals surface area contributed by atoms with Crippen molar-refractivity contribution in [1.82, 2.24) is 14.9 Å². The summed E-state index contributed by atoms with van der Waals surface area (Å²) in [6.07, 6.45) is 2.77. The third-order valence-electron chi connectivity index (χ3n) is 6.71. The van der Waals surface area contributed by atoms with E-state index < -0.39 is 11.9 Å². The quantitative estimate of drug-likeness (QED) is 0.520. The lowest BCUT2D eigenvalue weighted by molar-refractivity contribution is 0.142. The highest BCUT2D eigenvalue weighted by Crippen LogP contribution is 2.37. The van der Waals surface area contributed by atoms with Crippen LogP contribution in [0.2, 0.25) is 5.02 Å². The van der Waals surface area contributed by atoms with Crippen LogP contribution in [0.15, 0.2) is 53.7 Å². The second kappa shape index (κ2) is 9.36. The van der Waals surface area contributed by atoms with Crippen molar-refractivity contribution < 1.29 is 14.3 Å². The monoisotopic (exact) mass is 519 g/mol. The lowest BCUT2D eigenvalue weighted by Gasteiger charge is -2.34. The normalized spacial score (nSPS) is 16.6. The van der Waals surface area contributed by atoms with Crippen LogP contribution in [0.1, 0.15) is 11.1 Å². The van der Waals surface area contributed by atoms with Crippen LogP contribution >= 0.6 is 11.6 Å². The van der Waals surface area contributed by atoms with E-state index in [2.05, 4.69) is 20.3 Å². The number of halogens is 2. The minimum absolute atomic E-state index is 0.256. The van der Waals surface area contributed by atoms with Crippen molar-refractivity contribution in [2.45, 2.75) is 0 Å². The van der Waals surface area contributed by atoms with E-state index in [0.717, 1.165) is 22.5 Å². The molecule has 11 heteroatoms. The Morgan fingerprint density at radius 1 is 1.08 bits per heavy atom. The zero-order chi connectivity index (χ0) is 25.5. The molecule has 0 radical (unpaired) electrons. The summed E-state index contributed by atoms with van der Waals surface area (Å²) < 4.78 is 15.0. The first-order chi connectivity index (χ1) is 18.0. The summed E-state index contributed by atoms with van der Waals surface area (Å²) in [7, 11) is 0. The number of hydrogen-bond donors (Lipinski definition) is 2. The molecule has 2 aromatic carbocycles. The number of fused-ring (bicyclic) bond motifs is 3. The van der Waals surface area contributed by atoms with Gasteiger partial charge < -0.3 is 25.1 Å². The lowest BCUT2D eigenvalue weighted by Crippen LogP contribution is -2.48. The summed E-state index contributed by atoms with van der Waals surface area (Å²) >= 11 is 6.47. The van der Waals surface area contributed by atoms with Crippen LogP contribution in [0.5, 0.6) is 0 Å². The first-order valence-corrected chi connectivity index (χ1v) is 12.3. The van der Waals surface area contributed by atoms with Crippen LogP contribution < -0.4 is 15.1 Å². The van der Waals surface area contributed by atoms with Gasteiger partial charge in [-0.15, -0.1) is 0 Å². The summed E-state index contributed by atoms with van der Waals surface area (Å²) in [4.78, 5) is 30.3. The van der Waals surface area contributed by atoms with Gasteiger partial charge in [0.15, 0.2) is 0 Å². The highest BCUT2D eigenvalue weighted by atomic mass is 35.5. The predicted molar refractivity (Wildman–Crippen MR) is 142 cm³/mol. The fraction of sp³-hybridized carbons (Fsp3) is 0.231. The van der Waals surface area contributed by atoms with Crippen molar-refractivity contribution in [2.75, 3.05) is 54.4 Å². The zero-order valence-electron chi connectivity index (χ0n) is 19.7. The largest absolute Gasteiger partial charge is 0.465 e. The van der Waals surface area contributed by atoms with E-state index >= 15 is 4.39 Å². The second-order valence-electron chi connectivity index (χ2n) is 8.91. The van der Waals surface area contributed by atoms with E-state index in [1.807, 2.05) is 46.2 Å². The fourth-order valence-electron chi connectivity index (χ4n) is 4.82. The first-order valence-electron chi connectivity index (χ1n) is 11.9. The van der Waals surface area contributed by atoms with Crippen LogP contribution in [-0.2, 0) is 0 Å². The van der Waals surface area contributed by atoms with Crippen LogP contribution in [0.3, 0.4) is 0 Å². The molecule has 0 unspecified atom stereocenters. The van der Waals surface area contributed by atoms with Gasteiger partial charge in [0.2, 0.25) is 5.95 Å². The number of piperazine rings is 1. The molecule has 3 aliphatic rings. The number of nitrogens with zero attached hydrogens (tertiary/aromatic N) is 6. The van der Waals surface area contributed by atoms with Gasteiger partial charge in [-0.1, -0.05) is 29.8 Å². The number of benzene rings is 2. The molecule has 1 amide bonds. The van der Waals surface area contributed by atoms with Gasteiger partial charge >= 0.3 is 6.09 Å². The third-order valence-corrected chi connectivity index (χ3v) is 7.04. The maximum atomic E-state index is 15.0. The Labute approximate surface area is 217 Å². The van der Waals surface area contributed by atoms with Crippen LogP contribution in [-0.4, -0.2) is 71.2 Å². The molecule has 3 aromatic rings. The highest BCUT2D eigenvalue weighted by molar-refractivity contribution is 6.40. The zero-order valence-corrected chi connectivity index (χ0v) is 20.5. The van der Waals surface area contributed by atoms with E-state index in [4.69, 9.17) is 16.7 Å². The summed E-state index contributed by atoms with van der Waals surface area (Å²) in [5.74, 6) is 1.35. The minimum Gasteiger partial charge on any atom is -0.465 e. The molecule has 4 heterocycles. The van der Waals surface area contributed by atoms with Gasteiger partial charge in [0.05, 0.1) is 12.2 Å². The van der Waals surface area contributed by atoms with E-state index in [0.29, 0.717) is 55.8 Å². The molecule has 9 nitrogen and oxygen atoms in total. The molecule has 6 rings (SSSR count). The average Bonchev–Trinajstić information content (AvgIpc) is 3.40. The molecular formula is C26H23ClFN7O2. The Morgan fingerprint density at radius 2 is 1.89 bits per heavy atom. The Balaban J connectivity index is 1.24. The molecular weight excluding hydrogens is 497 g/mol. The van der Waals surface area contributed by atoms with Crippen LogP contribution in [0.4, 0.5) is 32.3 Å². The number of carbonyl (C=O) groups is 1. The molecule has 0 saturated carbocycles. The average molecular weight is 520 g/mol. The fourth-order valence-corrected chi connectivity index (χ4v) is 5.06. The number of amides is 1. The molecule has 188 valence electrons. The van der Waals surface area contributed by atoms with Gasteiger partial charge in [-0.05, 0) is 30.3 Å². The topological polar surface area (TPSA) is 97.2 Å². The number of carboxylic acid groups (broad SMARTS) is 1. The Hall–Kier alpha value is -4.18. The van der Waals surface area contributed by atoms with E-state index in [1.54, 1.807) is 12.3 Å². The molecule has 37 heavy (non-hydrogen) atoms. The third kappa shape index (κ3) is 4.33. The smallest absolute Gasteiger partial charge is 0.407 e.